The first-order chi connectivity index (χ1) is 21.4. The second-order valence-electron chi connectivity index (χ2n) is 12.5. The van der Waals surface area contributed by atoms with Crippen LogP contribution in [0.5, 0.6) is 0 Å². The number of carbonyl (C=O) groups excluding carboxylic acids is 3. The number of ether oxygens (including phenoxy) is 1. The molecule has 2 aliphatic rings. The minimum absolute atomic E-state index is 0.0730. The molecule has 0 bridgehead atoms. The average Bonchev–Trinajstić information content (AvgIpc) is 3.62. The molecule has 5 rings (SSSR count). The third kappa shape index (κ3) is 8.21. The molecule has 10 heteroatoms. The van der Waals surface area contributed by atoms with Crippen LogP contribution in [-0.4, -0.2) is 80.1 Å². The second kappa shape index (κ2) is 13.4. The summed E-state index contributed by atoms with van der Waals surface area (Å²) >= 11 is 0. The van der Waals surface area contributed by atoms with E-state index in [1.54, 1.807) is 26.8 Å². The third-order valence-electron chi connectivity index (χ3n) is 7.38. The summed E-state index contributed by atoms with van der Waals surface area (Å²) in [5.41, 5.74) is 8.37. The molecule has 0 fully saturated rings. The topological polar surface area (TPSA) is 124 Å². The highest BCUT2D eigenvalue weighted by Crippen LogP contribution is 2.32. The molecular weight excluding hydrogens is 568 g/mol. The van der Waals surface area contributed by atoms with E-state index in [9.17, 15) is 14.4 Å². The van der Waals surface area contributed by atoms with Crippen molar-refractivity contribution in [1.29, 1.82) is 0 Å². The maximum absolute atomic E-state index is 12.7. The van der Waals surface area contributed by atoms with Crippen molar-refractivity contribution in [3.63, 3.8) is 0 Å². The highest BCUT2D eigenvalue weighted by Gasteiger charge is 2.21. The molecule has 0 unspecified atom stereocenters. The zero-order valence-electron chi connectivity index (χ0n) is 26.5. The molecule has 234 valence electrons. The number of hydrogen-bond donors (Lipinski definition) is 3. The van der Waals surface area contributed by atoms with Crippen molar-refractivity contribution < 1.29 is 19.1 Å². The first kappa shape index (κ1) is 31.6. The van der Waals surface area contributed by atoms with Crippen LogP contribution in [0.25, 0.3) is 0 Å². The van der Waals surface area contributed by atoms with Gasteiger partial charge in [0, 0.05) is 50.1 Å². The van der Waals surface area contributed by atoms with Crippen LogP contribution in [0, 0.1) is 0 Å². The fourth-order valence-electron chi connectivity index (χ4n) is 5.13. The molecule has 0 radical (unpaired) electrons. The molecule has 45 heavy (non-hydrogen) atoms. The lowest BCUT2D eigenvalue weighted by atomic mass is 9.98. The SMILES string of the molecule is CN(C)CCNC(=O)c1ccc2c(c1)CC(c1ccc(C3=Nc4ccc(C(=O)NCCNC(=O)OC(C)(C)C)cc4C3)cc1)=N2. The highest BCUT2D eigenvalue weighted by molar-refractivity contribution is 6.10. The van der Waals surface area contributed by atoms with Gasteiger partial charge >= 0.3 is 6.09 Å². The Kier molecular flexibility index (Phi) is 9.43. The van der Waals surface area contributed by atoms with E-state index in [1.807, 2.05) is 49.3 Å². The standard InChI is InChI=1S/C35H40N6O4/c1-35(2,3)45-34(44)38-15-14-36-32(42)24-10-12-28-26(18-24)20-30(39-28)22-6-8-23(9-7-22)31-21-27-19-25(11-13-29(27)40-31)33(43)37-16-17-41(4)5/h6-13,18-19H,14-17,20-21H2,1-5H3,(H,36,42)(H,37,43)(H,38,44). The van der Waals surface area contributed by atoms with Crippen LogP contribution < -0.4 is 16.0 Å². The fourth-order valence-corrected chi connectivity index (χ4v) is 5.13. The van der Waals surface area contributed by atoms with Crippen molar-refractivity contribution in [3.8, 4) is 0 Å². The Morgan fingerprint density at radius 3 is 1.64 bits per heavy atom. The van der Waals surface area contributed by atoms with Crippen molar-refractivity contribution in [2.24, 2.45) is 9.98 Å². The number of nitrogens with one attached hydrogen (secondary N) is 3. The van der Waals surface area contributed by atoms with Crippen LogP contribution in [0.1, 0.15) is 63.7 Å². The Hall–Kier alpha value is -4.83. The number of fused-ring (bicyclic) bond motifs is 2. The second-order valence-corrected chi connectivity index (χ2v) is 12.5. The van der Waals surface area contributed by atoms with Gasteiger partial charge in [-0.15, -0.1) is 0 Å². The summed E-state index contributed by atoms with van der Waals surface area (Å²) in [6, 6.07) is 19.4. The smallest absolute Gasteiger partial charge is 0.407 e. The number of alkyl carbamates (subject to hydrolysis) is 1. The van der Waals surface area contributed by atoms with Gasteiger partial charge in [-0.3, -0.25) is 19.6 Å². The number of nitrogens with zero attached hydrogens (tertiary/aromatic N) is 3. The summed E-state index contributed by atoms with van der Waals surface area (Å²) in [5.74, 6) is -0.284. The van der Waals surface area contributed by atoms with Crippen molar-refractivity contribution in [1.82, 2.24) is 20.9 Å². The van der Waals surface area contributed by atoms with E-state index in [2.05, 4.69) is 40.2 Å². The van der Waals surface area contributed by atoms with Crippen LogP contribution in [-0.2, 0) is 17.6 Å². The molecule has 0 atom stereocenters. The number of aliphatic imine (C=N–C) groups is 2. The van der Waals surface area contributed by atoms with Gasteiger partial charge in [0.1, 0.15) is 5.60 Å². The van der Waals surface area contributed by atoms with E-state index in [-0.39, 0.29) is 24.9 Å². The van der Waals surface area contributed by atoms with Crippen molar-refractivity contribution in [2.75, 3.05) is 40.3 Å². The molecule has 3 aromatic carbocycles. The molecule has 0 saturated carbocycles. The molecule has 3 amide bonds. The zero-order chi connectivity index (χ0) is 32.1. The van der Waals surface area contributed by atoms with Crippen LogP contribution in [0.2, 0.25) is 0 Å². The molecule has 2 aliphatic heterocycles. The van der Waals surface area contributed by atoms with E-state index in [0.29, 0.717) is 30.5 Å². The number of hydrogen-bond acceptors (Lipinski definition) is 7. The van der Waals surface area contributed by atoms with Crippen LogP contribution >= 0.6 is 0 Å². The number of likely N-dealkylation sites (N-methyl/N-ethyl adjacent to an activating group) is 1. The third-order valence-corrected chi connectivity index (χ3v) is 7.38. The summed E-state index contributed by atoms with van der Waals surface area (Å²) in [7, 11) is 3.95. The first-order valence-electron chi connectivity index (χ1n) is 15.1. The largest absolute Gasteiger partial charge is 0.444 e. The predicted molar refractivity (Wildman–Crippen MR) is 177 cm³/mol. The Balaban J connectivity index is 1.14. The lowest BCUT2D eigenvalue weighted by Gasteiger charge is -2.19. The van der Waals surface area contributed by atoms with Gasteiger partial charge in [0.25, 0.3) is 11.8 Å². The lowest BCUT2D eigenvalue weighted by molar-refractivity contribution is 0.0526. The quantitative estimate of drug-likeness (QED) is 0.291. The highest BCUT2D eigenvalue weighted by atomic mass is 16.6. The molecule has 10 nitrogen and oxygen atoms in total. The molecule has 3 aromatic rings. The summed E-state index contributed by atoms with van der Waals surface area (Å²) < 4.78 is 5.20. The molecular formula is C35H40N6O4. The Morgan fingerprint density at radius 1 is 0.711 bits per heavy atom. The van der Waals surface area contributed by atoms with Gasteiger partial charge in [0.05, 0.1) is 22.8 Å². The molecule has 0 spiro atoms. The minimum Gasteiger partial charge on any atom is -0.444 e. The summed E-state index contributed by atoms with van der Waals surface area (Å²) in [4.78, 5) is 48.7. The van der Waals surface area contributed by atoms with Crippen molar-refractivity contribution >= 4 is 40.7 Å². The number of carbonyl (C=O) groups is 3. The number of benzene rings is 3. The van der Waals surface area contributed by atoms with Crippen molar-refractivity contribution in [2.45, 2.75) is 39.2 Å². The van der Waals surface area contributed by atoms with E-state index in [4.69, 9.17) is 14.7 Å². The Morgan fingerprint density at radius 2 is 1.18 bits per heavy atom. The van der Waals surface area contributed by atoms with Gasteiger partial charge in [0.2, 0.25) is 0 Å². The number of amides is 3. The van der Waals surface area contributed by atoms with Gasteiger partial charge in [-0.1, -0.05) is 24.3 Å². The van der Waals surface area contributed by atoms with Crippen molar-refractivity contribution in [3.05, 3.63) is 94.0 Å². The average molecular weight is 609 g/mol. The van der Waals surface area contributed by atoms with Gasteiger partial charge < -0.3 is 25.6 Å². The minimum atomic E-state index is -0.573. The summed E-state index contributed by atoms with van der Waals surface area (Å²) in [6.07, 6.45) is 0.781. The zero-order valence-corrected chi connectivity index (χ0v) is 26.5. The summed E-state index contributed by atoms with van der Waals surface area (Å²) in [5, 5.41) is 8.43. The van der Waals surface area contributed by atoms with Crippen LogP contribution in [0.15, 0.2) is 70.6 Å². The first-order valence-corrected chi connectivity index (χ1v) is 15.1. The van der Waals surface area contributed by atoms with Gasteiger partial charge in [0.15, 0.2) is 0 Å². The maximum atomic E-state index is 12.7. The molecule has 2 heterocycles. The summed E-state index contributed by atoms with van der Waals surface area (Å²) in [6.45, 7) is 7.33. The monoisotopic (exact) mass is 608 g/mol. The van der Waals surface area contributed by atoms with Gasteiger partial charge in [-0.05, 0) is 93.5 Å². The maximum Gasteiger partial charge on any atom is 0.407 e. The van der Waals surface area contributed by atoms with E-state index in [1.165, 1.54) is 0 Å². The predicted octanol–water partition coefficient (Wildman–Crippen LogP) is 4.59. The van der Waals surface area contributed by atoms with Crippen LogP contribution in [0.4, 0.5) is 16.2 Å². The van der Waals surface area contributed by atoms with Crippen LogP contribution in [0.3, 0.4) is 0 Å². The van der Waals surface area contributed by atoms with Gasteiger partial charge in [-0.25, -0.2) is 4.79 Å². The normalized spacial score (nSPS) is 13.5. The van der Waals surface area contributed by atoms with E-state index in [0.717, 1.165) is 51.6 Å². The Labute approximate surface area is 264 Å². The Bertz CT molecular complexity index is 1670. The molecule has 0 aromatic heterocycles. The molecule has 3 N–H and O–H groups in total. The van der Waals surface area contributed by atoms with E-state index >= 15 is 0 Å². The van der Waals surface area contributed by atoms with E-state index < -0.39 is 11.7 Å². The van der Waals surface area contributed by atoms with Gasteiger partial charge in [-0.2, -0.15) is 0 Å². The number of rotatable bonds is 10. The molecule has 0 aliphatic carbocycles. The molecule has 0 saturated heterocycles. The fraction of sp³-hybridized carbons (Fsp3) is 0.343. The lowest BCUT2D eigenvalue weighted by Crippen LogP contribution is -2.37.